The first kappa shape index (κ1) is 23.4. The third kappa shape index (κ3) is 5.47. The summed E-state index contributed by atoms with van der Waals surface area (Å²) < 4.78 is 5.67. The number of fused-ring (bicyclic) bond motifs is 1. The van der Waals surface area contributed by atoms with Gasteiger partial charge in [-0.05, 0) is 60.6 Å². The molecule has 0 unspecified atom stereocenters. The number of amides is 1. The Morgan fingerprint density at radius 2 is 1.71 bits per heavy atom. The third-order valence-corrected chi connectivity index (χ3v) is 7.89. The lowest BCUT2D eigenvalue weighted by Gasteiger charge is -2.41. The summed E-state index contributed by atoms with van der Waals surface area (Å²) in [5.41, 5.74) is 5.19. The maximum absolute atomic E-state index is 13.0. The molecule has 2 fully saturated rings. The fourth-order valence-electron chi connectivity index (χ4n) is 5.93. The number of hydrogen-bond donors (Lipinski definition) is 0. The summed E-state index contributed by atoms with van der Waals surface area (Å²) in [5.74, 6) is 1.22. The van der Waals surface area contributed by atoms with Crippen LogP contribution in [0.5, 0.6) is 5.75 Å². The van der Waals surface area contributed by atoms with E-state index in [0.29, 0.717) is 19.1 Å². The molecule has 1 amide bonds. The van der Waals surface area contributed by atoms with Crippen molar-refractivity contribution in [3.63, 3.8) is 0 Å². The molecule has 2 aromatic carbocycles. The normalized spacial score (nSPS) is 20.2. The molecule has 0 aromatic heterocycles. The molecule has 5 rings (SSSR count). The predicted molar refractivity (Wildman–Crippen MR) is 137 cm³/mol. The molecular weight excluding hydrogens is 422 g/mol. The van der Waals surface area contributed by atoms with Crippen molar-refractivity contribution in [3.05, 3.63) is 53.6 Å². The Bertz CT molecular complexity index is 977. The summed E-state index contributed by atoms with van der Waals surface area (Å²) in [6.07, 6.45) is 7.85. The van der Waals surface area contributed by atoms with Crippen LogP contribution in [-0.4, -0.2) is 72.5 Å². The van der Waals surface area contributed by atoms with Gasteiger partial charge in [-0.2, -0.15) is 0 Å². The summed E-state index contributed by atoms with van der Waals surface area (Å²) in [7, 11) is 0. The fourth-order valence-corrected chi connectivity index (χ4v) is 5.93. The van der Waals surface area contributed by atoms with E-state index >= 15 is 0 Å². The second-order valence-electron chi connectivity index (χ2n) is 10.1. The van der Waals surface area contributed by atoms with Gasteiger partial charge in [0, 0.05) is 45.3 Å². The zero-order valence-electron chi connectivity index (χ0n) is 20.7. The van der Waals surface area contributed by atoms with Gasteiger partial charge >= 0.3 is 0 Å². The lowest BCUT2D eigenvalue weighted by Crippen LogP contribution is -2.54. The highest BCUT2D eigenvalue weighted by Gasteiger charge is 2.28. The van der Waals surface area contributed by atoms with Gasteiger partial charge in [-0.15, -0.1) is 0 Å². The highest BCUT2D eigenvalue weighted by atomic mass is 16.5. The largest absolute Gasteiger partial charge is 0.494 e. The first-order valence-corrected chi connectivity index (χ1v) is 13.3. The second kappa shape index (κ2) is 10.9. The molecule has 5 heteroatoms. The van der Waals surface area contributed by atoms with Gasteiger partial charge in [0.25, 0.3) is 0 Å². The number of benzene rings is 2. The number of hydrogen-bond acceptors (Lipinski definition) is 4. The minimum atomic E-state index is 0.302. The van der Waals surface area contributed by atoms with Crippen LogP contribution in [0.4, 0.5) is 0 Å². The van der Waals surface area contributed by atoms with Crippen molar-refractivity contribution in [1.29, 1.82) is 0 Å². The summed E-state index contributed by atoms with van der Waals surface area (Å²) in [6, 6.07) is 15.9. The van der Waals surface area contributed by atoms with Gasteiger partial charge in [0.2, 0.25) is 5.91 Å². The molecule has 3 aliphatic rings. The lowest BCUT2D eigenvalue weighted by molar-refractivity contribution is -0.134. The maximum Gasteiger partial charge on any atom is 0.236 e. The number of ether oxygens (including phenoxy) is 1. The van der Waals surface area contributed by atoms with E-state index in [9.17, 15) is 4.79 Å². The van der Waals surface area contributed by atoms with Gasteiger partial charge in [0.15, 0.2) is 0 Å². The Labute approximate surface area is 204 Å². The van der Waals surface area contributed by atoms with Crippen molar-refractivity contribution in [2.24, 2.45) is 0 Å². The zero-order valence-corrected chi connectivity index (χ0v) is 20.7. The van der Waals surface area contributed by atoms with Crippen LogP contribution < -0.4 is 4.74 Å². The number of carbonyl (C=O) groups is 1. The lowest BCUT2D eigenvalue weighted by atomic mass is 9.94. The number of piperazine rings is 1. The first-order valence-electron chi connectivity index (χ1n) is 13.3. The summed E-state index contributed by atoms with van der Waals surface area (Å²) in [6.45, 7) is 8.93. The molecule has 0 bridgehead atoms. The van der Waals surface area contributed by atoms with E-state index < -0.39 is 0 Å². The average molecular weight is 462 g/mol. The zero-order chi connectivity index (χ0) is 23.3. The minimum Gasteiger partial charge on any atom is -0.494 e. The summed E-state index contributed by atoms with van der Waals surface area (Å²) in [4.78, 5) is 20.1. The number of nitrogens with zero attached hydrogens (tertiary/aromatic N) is 3. The molecule has 0 spiro atoms. The highest BCUT2D eigenvalue weighted by molar-refractivity contribution is 5.78. The quantitative estimate of drug-likeness (QED) is 0.631. The second-order valence-corrected chi connectivity index (χ2v) is 10.1. The van der Waals surface area contributed by atoms with E-state index in [4.69, 9.17) is 4.74 Å². The van der Waals surface area contributed by atoms with Crippen molar-refractivity contribution in [3.8, 4) is 16.9 Å². The molecule has 5 nitrogen and oxygen atoms in total. The van der Waals surface area contributed by atoms with Crippen LogP contribution in [0.2, 0.25) is 0 Å². The van der Waals surface area contributed by atoms with Gasteiger partial charge in [-0.1, -0.05) is 49.6 Å². The van der Waals surface area contributed by atoms with Gasteiger partial charge in [0.05, 0.1) is 13.2 Å². The Morgan fingerprint density at radius 3 is 2.50 bits per heavy atom. The van der Waals surface area contributed by atoms with Crippen molar-refractivity contribution in [1.82, 2.24) is 14.7 Å². The molecule has 1 aliphatic carbocycles. The molecule has 2 aliphatic heterocycles. The molecule has 1 saturated carbocycles. The summed E-state index contributed by atoms with van der Waals surface area (Å²) >= 11 is 0. The minimum absolute atomic E-state index is 0.302. The third-order valence-electron chi connectivity index (χ3n) is 7.89. The van der Waals surface area contributed by atoms with Crippen LogP contribution in [0.15, 0.2) is 42.5 Å². The monoisotopic (exact) mass is 461 g/mol. The SMILES string of the molecule is CCOc1cccc(-c2ccc3c(c2)CCN(CC(=O)N2CCN(C4CCCCC4)CC2)C3)c1. The van der Waals surface area contributed by atoms with Gasteiger partial charge in [-0.25, -0.2) is 0 Å². The highest BCUT2D eigenvalue weighted by Crippen LogP contribution is 2.29. The Hall–Kier alpha value is -2.37. The Morgan fingerprint density at radius 1 is 0.912 bits per heavy atom. The number of carbonyl (C=O) groups excluding carboxylic acids is 1. The van der Waals surface area contributed by atoms with E-state index in [1.807, 2.05) is 13.0 Å². The predicted octanol–water partition coefficient (Wildman–Crippen LogP) is 4.59. The van der Waals surface area contributed by atoms with Gasteiger partial charge in [-0.3, -0.25) is 14.6 Å². The molecule has 0 radical (unpaired) electrons. The van der Waals surface area contributed by atoms with E-state index in [1.54, 1.807) is 0 Å². The fraction of sp³-hybridized carbons (Fsp3) is 0.552. The van der Waals surface area contributed by atoms with Crippen LogP contribution in [-0.2, 0) is 17.8 Å². The van der Waals surface area contributed by atoms with Crippen LogP contribution in [0.25, 0.3) is 11.1 Å². The van der Waals surface area contributed by atoms with Crippen molar-refractivity contribution < 1.29 is 9.53 Å². The van der Waals surface area contributed by atoms with Crippen LogP contribution in [0, 0.1) is 0 Å². The molecule has 1 saturated heterocycles. The Kier molecular flexibility index (Phi) is 7.51. The molecule has 182 valence electrons. The Balaban J connectivity index is 1.15. The average Bonchev–Trinajstić information content (AvgIpc) is 2.89. The molecule has 2 heterocycles. The van der Waals surface area contributed by atoms with Crippen molar-refractivity contribution in [2.75, 3.05) is 45.9 Å². The van der Waals surface area contributed by atoms with E-state index in [0.717, 1.165) is 57.5 Å². The molecule has 34 heavy (non-hydrogen) atoms. The van der Waals surface area contributed by atoms with Gasteiger partial charge < -0.3 is 9.64 Å². The standard InChI is InChI=1S/C29H39N3O2/c1-2-34-28-10-6-7-23(20-28)24-11-12-26-21-30(14-13-25(26)19-24)22-29(33)32-17-15-31(16-18-32)27-8-4-3-5-9-27/h6-7,10-12,19-20,27H,2-5,8-9,13-18,21-22H2,1H3. The smallest absolute Gasteiger partial charge is 0.236 e. The molecule has 2 aromatic rings. The van der Waals surface area contributed by atoms with E-state index in [2.05, 4.69) is 51.1 Å². The molecular formula is C29H39N3O2. The van der Waals surface area contributed by atoms with Crippen LogP contribution >= 0.6 is 0 Å². The van der Waals surface area contributed by atoms with Crippen LogP contribution in [0.3, 0.4) is 0 Å². The van der Waals surface area contributed by atoms with E-state index in [1.165, 1.54) is 54.4 Å². The molecule has 0 N–H and O–H groups in total. The topological polar surface area (TPSA) is 36.0 Å². The van der Waals surface area contributed by atoms with E-state index in [-0.39, 0.29) is 0 Å². The molecule has 0 atom stereocenters. The van der Waals surface area contributed by atoms with Crippen molar-refractivity contribution >= 4 is 5.91 Å². The summed E-state index contributed by atoms with van der Waals surface area (Å²) in [5, 5.41) is 0. The van der Waals surface area contributed by atoms with Crippen molar-refractivity contribution in [2.45, 2.75) is 58.0 Å². The van der Waals surface area contributed by atoms with Crippen LogP contribution in [0.1, 0.15) is 50.2 Å². The first-order chi connectivity index (χ1) is 16.7. The van der Waals surface area contributed by atoms with Gasteiger partial charge in [0.1, 0.15) is 5.75 Å². The maximum atomic E-state index is 13.0. The number of rotatable bonds is 6.